The van der Waals surface area contributed by atoms with E-state index in [1.807, 2.05) is 0 Å². The van der Waals surface area contributed by atoms with Crippen LogP contribution in [0.5, 0.6) is 0 Å². The molecule has 0 fully saturated rings. The predicted molar refractivity (Wildman–Crippen MR) is 47.2 cm³/mol. The average molecular weight is 200 g/mol. The lowest BCUT2D eigenvalue weighted by molar-refractivity contribution is 0.0961. The fourth-order valence-electron chi connectivity index (χ4n) is 0.943. The topological polar surface area (TPSA) is 56.0 Å². The summed E-state index contributed by atoms with van der Waals surface area (Å²) < 4.78 is 24.4. The molecule has 1 atom stereocenters. The predicted octanol–water partition coefficient (Wildman–Crippen LogP) is 1.55. The van der Waals surface area contributed by atoms with Gasteiger partial charge in [-0.05, 0) is 19.1 Å². The molecule has 0 aliphatic carbocycles. The minimum absolute atomic E-state index is 0.0159. The van der Waals surface area contributed by atoms with Gasteiger partial charge in [0.15, 0.2) is 5.78 Å². The minimum atomic E-state index is -2.67. The first-order chi connectivity index (χ1) is 6.52. The lowest BCUT2D eigenvalue weighted by atomic mass is 10.1. The van der Waals surface area contributed by atoms with Crippen LogP contribution in [0.4, 0.5) is 8.78 Å². The maximum atomic E-state index is 12.2. The van der Waals surface area contributed by atoms with Crippen molar-refractivity contribution in [3.05, 3.63) is 29.6 Å². The Morgan fingerprint density at radius 1 is 1.50 bits per heavy atom. The average Bonchev–Trinajstić information content (AvgIpc) is 2.16. The summed E-state index contributed by atoms with van der Waals surface area (Å²) in [5, 5.41) is 0. The van der Waals surface area contributed by atoms with Gasteiger partial charge in [-0.2, -0.15) is 0 Å². The van der Waals surface area contributed by atoms with Crippen molar-refractivity contribution in [2.75, 3.05) is 0 Å². The molecule has 2 N–H and O–H groups in total. The number of hydrogen-bond donors (Lipinski definition) is 1. The van der Waals surface area contributed by atoms with E-state index in [-0.39, 0.29) is 5.69 Å². The number of carbonyl (C=O) groups excluding carboxylic acids is 1. The number of nitrogens with two attached hydrogens (primary N) is 1. The van der Waals surface area contributed by atoms with E-state index in [1.165, 1.54) is 25.1 Å². The molecule has 0 bridgehead atoms. The summed E-state index contributed by atoms with van der Waals surface area (Å²) in [4.78, 5) is 14.8. The van der Waals surface area contributed by atoms with Gasteiger partial charge < -0.3 is 5.73 Å². The van der Waals surface area contributed by atoms with Crippen molar-refractivity contribution in [2.24, 2.45) is 5.73 Å². The smallest absolute Gasteiger partial charge is 0.280 e. The molecule has 0 amide bonds. The van der Waals surface area contributed by atoms with Crippen LogP contribution in [0.25, 0.3) is 0 Å². The molecular weight excluding hydrogens is 190 g/mol. The van der Waals surface area contributed by atoms with E-state index < -0.39 is 23.9 Å². The summed E-state index contributed by atoms with van der Waals surface area (Å²) in [6.45, 7) is 1.49. The van der Waals surface area contributed by atoms with Gasteiger partial charge in [-0.1, -0.05) is 6.07 Å². The van der Waals surface area contributed by atoms with Gasteiger partial charge in [0.25, 0.3) is 6.43 Å². The van der Waals surface area contributed by atoms with Gasteiger partial charge in [-0.3, -0.25) is 4.79 Å². The Bertz CT molecular complexity index is 339. The summed E-state index contributed by atoms with van der Waals surface area (Å²) >= 11 is 0. The molecule has 14 heavy (non-hydrogen) atoms. The van der Waals surface area contributed by atoms with Crippen LogP contribution in [0.1, 0.15) is 29.5 Å². The normalized spacial score (nSPS) is 12.9. The van der Waals surface area contributed by atoms with E-state index in [4.69, 9.17) is 5.73 Å². The zero-order valence-electron chi connectivity index (χ0n) is 7.58. The molecule has 0 aliphatic heterocycles. The maximum Gasteiger partial charge on any atom is 0.280 e. The van der Waals surface area contributed by atoms with Gasteiger partial charge in [0.1, 0.15) is 11.4 Å². The van der Waals surface area contributed by atoms with Crippen LogP contribution in [-0.2, 0) is 0 Å². The number of halogens is 2. The fraction of sp³-hybridized carbons (Fsp3) is 0.333. The molecule has 1 heterocycles. The third-order valence-electron chi connectivity index (χ3n) is 1.66. The number of hydrogen-bond acceptors (Lipinski definition) is 3. The van der Waals surface area contributed by atoms with Crippen LogP contribution in [0.2, 0.25) is 0 Å². The highest BCUT2D eigenvalue weighted by atomic mass is 19.3. The van der Waals surface area contributed by atoms with Crippen LogP contribution in [-0.4, -0.2) is 16.8 Å². The van der Waals surface area contributed by atoms with Gasteiger partial charge in [-0.15, -0.1) is 0 Å². The van der Waals surface area contributed by atoms with Crippen molar-refractivity contribution in [1.82, 2.24) is 4.98 Å². The van der Waals surface area contributed by atoms with E-state index in [9.17, 15) is 13.6 Å². The SMILES string of the molecule is CC(N)C(=O)c1cccc(C(F)F)n1. The summed E-state index contributed by atoms with van der Waals surface area (Å²) in [5.74, 6) is -0.438. The Labute approximate surface area is 79.9 Å². The molecule has 1 unspecified atom stereocenters. The number of Topliss-reactive ketones (excluding diaryl/α,β-unsaturated/α-hetero) is 1. The molecule has 0 radical (unpaired) electrons. The van der Waals surface area contributed by atoms with Crippen molar-refractivity contribution in [3.8, 4) is 0 Å². The lowest BCUT2D eigenvalue weighted by Crippen LogP contribution is -2.27. The molecule has 1 aromatic rings. The lowest BCUT2D eigenvalue weighted by Gasteiger charge is -2.05. The Morgan fingerprint density at radius 2 is 2.14 bits per heavy atom. The van der Waals surface area contributed by atoms with Crippen molar-refractivity contribution in [2.45, 2.75) is 19.4 Å². The quantitative estimate of drug-likeness (QED) is 0.753. The number of rotatable bonds is 3. The second kappa shape index (κ2) is 4.23. The number of ketones is 1. The zero-order valence-corrected chi connectivity index (χ0v) is 7.58. The van der Waals surface area contributed by atoms with Crippen molar-refractivity contribution >= 4 is 5.78 Å². The summed E-state index contributed by atoms with van der Waals surface area (Å²) in [5.41, 5.74) is 4.90. The molecule has 0 aliphatic rings. The molecule has 1 rings (SSSR count). The van der Waals surface area contributed by atoms with Crippen LogP contribution in [0.3, 0.4) is 0 Å². The Kier molecular flexibility index (Phi) is 3.24. The van der Waals surface area contributed by atoms with Crippen LogP contribution < -0.4 is 5.73 Å². The van der Waals surface area contributed by atoms with E-state index in [0.717, 1.165) is 0 Å². The highest BCUT2D eigenvalue weighted by Gasteiger charge is 2.15. The molecule has 0 spiro atoms. The number of pyridine rings is 1. The van der Waals surface area contributed by atoms with Gasteiger partial charge in [0.05, 0.1) is 6.04 Å². The van der Waals surface area contributed by atoms with Gasteiger partial charge in [0.2, 0.25) is 0 Å². The summed E-state index contributed by atoms with van der Waals surface area (Å²) in [7, 11) is 0. The molecule has 3 nitrogen and oxygen atoms in total. The molecule has 76 valence electrons. The molecule has 5 heteroatoms. The van der Waals surface area contributed by atoms with Crippen molar-refractivity contribution < 1.29 is 13.6 Å². The van der Waals surface area contributed by atoms with Gasteiger partial charge >= 0.3 is 0 Å². The second-order valence-corrected chi connectivity index (χ2v) is 2.90. The molecule has 0 saturated carbocycles. The van der Waals surface area contributed by atoms with Crippen molar-refractivity contribution in [3.63, 3.8) is 0 Å². The number of aromatic nitrogens is 1. The molecule has 0 saturated heterocycles. The third-order valence-corrected chi connectivity index (χ3v) is 1.66. The zero-order chi connectivity index (χ0) is 10.7. The Balaban J connectivity index is 3.00. The fourth-order valence-corrected chi connectivity index (χ4v) is 0.943. The first-order valence-corrected chi connectivity index (χ1v) is 4.07. The minimum Gasteiger partial charge on any atom is -0.321 e. The molecular formula is C9H10F2N2O. The van der Waals surface area contributed by atoms with E-state index in [0.29, 0.717) is 0 Å². The number of carbonyl (C=O) groups is 1. The highest BCUT2D eigenvalue weighted by molar-refractivity contribution is 5.97. The summed E-state index contributed by atoms with van der Waals surface area (Å²) in [6, 6.07) is 3.18. The molecule has 0 aromatic carbocycles. The summed E-state index contributed by atoms with van der Waals surface area (Å²) in [6.07, 6.45) is -2.67. The van der Waals surface area contributed by atoms with Gasteiger partial charge in [-0.25, -0.2) is 13.8 Å². The van der Waals surface area contributed by atoms with Crippen LogP contribution in [0.15, 0.2) is 18.2 Å². The van der Waals surface area contributed by atoms with Crippen LogP contribution >= 0.6 is 0 Å². The first-order valence-electron chi connectivity index (χ1n) is 4.07. The molecule has 1 aromatic heterocycles. The van der Waals surface area contributed by atoms with E-state index >= 15 is 0 Å². The number of nitrogens with zero attached hydrogens (tertiary/aromatic N) is 1. The highest BCUT2D eigenvalue weighted by Crippen LogP contribution is 2.16. The van der Waals surface area contributed by atoms with Crippen molar-refractivity contribution in [1.29, 1.82) is 0 Å². The number of alkyl halides is 2. The standard InChI is InChI=1S/C9H10F2N2O/c1-5(12)8(14)6-3-2-4-7(13-6)9(10)11/h2-5,9H,12H2,1H3. The van der Waals surface area contributed by atoms with E-state index in [1.54, 1.807) is 0 Å². The largest absolute Gasteiger partial charge is 0.321 e. The van der Waals surface area contributed by atoms with Crippen LogP contribution in [0, 0.1) is 0 Å². The van der Waals surface area contributed by atoms with Gasteiger partial charge in [0, 0.05) is 0 Å². The monoisotopic (exact) mass is 200 g/mol. The first kappa shape index (κ1) is 10.7. The Hall–Kier alpha value is -1.36. The third kappa shape index (κ3) is 2.32. The second-order valence-electron chi connectivity index (χ2n) is 2.90. The Morgan fingerprint density at radius 3 is 2.64 bits per heavy atom. The maximum absolute atomic E-state index is 12.2. The van der Waals surface area contributed by atoms with E-state index in [2.05, 4.69) is 4.98 Å².